The van der Waals surface area contributed by atoms with Crippen molar-refractivity contribution >= 4 is 5.91 Å². The average Bonchev–Trinajstić information content (AvgIpc) is 2.37. The van der Waals surface area contributed by atoms with Crippen LogP contribution in [0.3, 0.4) is 0 Å². The van der Waals surface area contributed by atoms with Gasteiger partial charge in [-0.05, 0) is 19.8 Å². The van der Waals surface area contributed by atoms with E-state index in [-0.39, 0.29) is 18.5 Å². The zero-order chi connectivity index (χ0) is 13.8. The van der Waals surface area contributed by atoms with Gasteiger partial charge < -0.3 is 5.32 Å². The largest absolute Gasteiger partial charge is 0.352 e. The van der Waals surface area contributed by atoms with Crippen LogP contribution in [0.15, 0.2) is 15.8 Å². The SMILES string of the molecule is Cc1cn(CC(=O)NC2CCCCC2)c(=O)[nH]c1=O. The molecule has 1 fully saturated rings. The molecule has 19 heavy (non-hydrogen) atoms. The molecular weight excluding hydrogens is 246 g/mol. The summed E-state index contributed by atoms with van der Waals surface area (Å²) in [6, 6.07) is 0.223. The van der Waals surface area contributed by atoms with Crippen molar-refractivity contribution in [3.63, 3.8) is 0 Å². The van der Waals surface area contributed by atoms with Crippen molar-refractivity contribution in [3.8, 4) is 0 Å². The Hall–Kier alpha value is -1.85. The smallest absolute Gasteiger partial charge is 0.328 e. The Morgan fingerprint density at radius 2 is 2.05 bits per heavy atom. The molecule has 0 aliphatic heterocycles. The number of aromatic nitrogens is 2. The van der Waals surface area contributed by atoms with Gasteiger partial charge in [0.2, 0.25) is 5.91 Å². The van der Waals surface area contributed by atoms with E-state index < -0.39 is 11.2 Å². The summed E-state index contributed by atoms with van der Waals surface area (Å²) in [7, 11) is 0. The van der Waals surface area contributed by atoms with E-state index in [0.717, 1.165) is 25.7 Å². The van der Waals surface area contributed by atoms with Gasteiger partial charge in [0.25, 0.3) is 5.56 Å². The predicted molar refractivity (Wildman–Crippen MR) is 71.1 cm³/mol. The Morgan fingerprint density at radius 1 is 1.37 bits per heavy atom. The lowest BCUT2D eigenvalue weighted by molar-refractivity contribution is -0.122. The number of hydrogen-bond donors (Lipinski definition) is 2. The first-order valence-corrected chi connectivity index (χ1v) is 6.66. The molecule has 1 saturated carbocycles. The number of H-pyrrole nitrogens is 1. The lowest BCUT2D eigenvalue weighted by Gasteiger charge is -2.22. The number of aryl methyl sites for hydroxylation is 1. The van der Waals surface area contributed by atoms with Crippen molar-refractivity contribution in [2.45, 2.75) is 51.6 Å². The van der Waals surface area contributed by atoms with E-state index in [1.165, 1.54) is 17.2 Å². The quantitative estimate of drug-likeness (QED) is 0.824. The maximum Gasteiger partial charge on any atom is 0.328 e. The van der Waals surface area contributed by atoms with Crippen molar-refractivity contribution in [2.24, 2.45) is 0 Å². The van der Waals surface area contributed by atoms with Crippen molar-refractivity contribution in [3.05, 3.63) is 32.6 Å². The minimum Gasteiger partial charge on any atom is -0.352 e. The highest BCUT2D eigenvalue weighted by atomic mass is 16.2. The van der Waals surface area contributed by atoms with Gasteiger partial charge in [0.1, 0.15) is 6.54 Å². The maximum absolute atomic E-state index is 11.9. The Bertz CT molecular complexity index is 567. The third-order valence-corrected chi connectivity index (χ3v) is 3.47. The first-order valence-electron chi connectivity index (χ1n) is 6.66. The van der Waals surface area contributed by atoms with Crippen LogP contribution in [0.2, 0.25) is 0 Å². The molecule has 0 aromatic carbocycles. The molecule has 2 N–H and O–H groups in total. The zero-order valence-electron chi connectivity index (χ0n) is 11.1. The normalized spacial score (nSPS) is 16.3. The van der Waals surface area contributed by atoms with E-state index in [2.05, 4.69) is 10.3 Å². The number of amides is 1. The number of hydrogen-bond acceptors (Lipinski definition) is 3. The fraction of sp³-hybridized carbons (Fsp3) is 0.615. The number of nitrogens with one attached hydrogen (secondary N) is 2. The van der Waals surface area contributed by atoms with Crippen LogP contribution >= 0.6 is 0 Å². The van der Waals surface area contributed by atoms with Gasteiger partial charge in [-0.15, -0.1) is 0 Å². The van der Waals surface area contributed by atoms with Gasteiger partial charge in [-0.1, -0.05) is 19.3 Å². The summed E-state index contributed by atoms with van der Waals surface area (Å²) in [5, 5.41) is 2.94. The first-order chi connectivity index (χ1) is 9.06. The summed E-state index contributed by atoms with van der Waals surface area (Å²) in [6.45, 7) is 1.56. The van der Waals surface area contributed by atoms with Crippen molar-refractivity contribution < 1.29 is 4.79 Å². The van der Waals surface area contributed by atoms with Crippen molar-refractivity contribution in [1.82, 2.24) is 14.9 Å². The molecule has 0 radical (unpaired) electrons. The second-order valence-electron chi connectivity index (χ2n) is 5.10. The molecule has 6 nitrogen and oxygen atoms in total. The summed E-state index contributed by atoms with van der Waals surface area (Å²) in [5.74, 6) is -0.180. The van der Waals surface area contributed by atoms with Crippen LogP contribution in [0.25, 0.3) is 0 Å². The Morgan fingerprint density at radius 3 is 2.74 bits per heavy atom. The van der Waals surface area contributed by atoms with E-state index in [9.17, 15) is 14.4 Å². The molecule has 2 rings (SSSR count). The monoisotopic (exact) mass is 265 g/mol. The third kappa shape index (κ3) is 3.56. The number of carbonyl (C=O) groups excluding carboxylic acids is 1. The minimum absolute atomic E-state index is 0.0487. The average molecular weight is 265 g/mol. The molecule has 0 unspecified atom stereocenters. The lowest BCUT2D eigenvalue weighted by Crippen LogP contribution is -2.41. The molecule has 1 aliphatic rings. The van der Waals surface area contributed by atoms with Gasteiger partial charge in [-0.25, -0.2) is 4.79 Å². The van der Waals surface area contributed by atoms with Crippen LogP contribution in [-0.4, -0.2) is 21.5 Å². The molecule has 0 spiro atoms. The van der Waals surface area contributed by atoms with Crippen LogP contribution in [0.1, 0.15) is 37.7 Å². The topological polar surface area (TPSA) is 84.0 Å². The van der Waals surface area contributed by atoms with Crippen LogP contribution < -0.4 is 16.6 Å². The minimum atomic E-state index is -0.547. The predicted octanol–water partition coefficient (Wildman–Crippen LogP) is 0.294. The highest BCUT2D eigenvalue weighted by Crippen LogP contribution is 2.17. The highest BCUT2D eigenvalue weighted by Gasteiger charge is 2.16. The van der Waals surface area contributed by atoms with E-state index in [1.54, 1.807) is 6.92 Å². The molecule has 1 aromatic heterocycles. The van der Waals surface area contributed by atoms with Crippen LogP contribution in [0, 0.1) is 6.92 Å². The molecule has 6 heteroatoms. The highest BCUT2D eigenvalue weighted by molar-refractivity contribution is 5.76. The molecule has 0 atom stereocenters. The summed E-state index contributed by atoms with van der Waals surface area (Å²) < 4.78 is 1.23. The summed E-state index contributed by atoms with van der Waals surface area (Å²) in [6.07, 6.45) is 6.94. The second kappa shape index (κ2) is 5.86. The van der Waals surface area contributed by atoms with Crippen molar-refractivity contribution in [1.29, 1.82) is 0 Å². The van der Waals surface area contributed by atoms with Gasteiger partial charge in [0.05, 0.1) is 0 Å². The standard InChI is InChI=1S/C13H19N3O3/c1-9-7-16(13(19)15-12(9)18)8-11(17)14-10-5-3-2-4-6-10/h7,10H,2-6,8H2,1H3,(H,14,17)(H,15,18,19). The Labute approximate surface area is 110 Å². The molecule has 0 saturated heterocycles. The number of rotatable bonds is 3. The van der Waals surface area contributed by atoms with E-state index in [4.69, 9.17) is 0 Å². The fourth-order valence-corrected chi connectivity index (χ4v) is 2.41. The van der Waals surface area contributed by atoms with Crippen LogP contribution in [0.5, 0.6) is 0 Å². The van der Waals surface area contributed by atoms with Gasteiger partial charge in [0, 0.05) is 17.8 Å². The van der Waals surface area contributed by atoms with E-state index >= 15 is 0 Å². The zero-order valence-corrected chi connectivity index (χ0v) is 11.1. The van der Waals surface area contributed by atoms with E-state index in [1.807, 2.05) is 0 Å². The van der Waals surface area contributed by atoms with Crippen LogP contribution in [-0.2, 0) is 11.3 Å². The molecule has 1 aliphatic carbocycles. The van der Waals surface area contributed by atoms with Gasteiger partial charge in [-0.3, -0.25) is 19.1 Å². The van der Waals surface area contributed by atoms with Crippen molar-refractivity contribution in [2.75, 3.05) is 0 Å². The second-order valence-corrected chi connectivity index (χ2v) is 5.10. The fourth-order valence-electron chi connectivity index (χ4n) is 2.41. The molecule has 0 bridgehead atoms. The van der Waals surface area contributed by atoms with Gasteiger partial charge in [-0.2, -0.15) is 0 Å². The molecule has 1 aromatic rings. The molecule has 104 valence electrons. The summed E-state index contributed by atoms with van der Waals surface area (Å²) >= 11 is 0. The molecule has 1 amide bonds. The van der Waals surface area contributed by atoms with Crippen LogP contribution in [0.4, 0.5) is 0 Å². The first kappa shape index (κ1) is 13.6. The number of carbonyl (C=O) groups is 1. The Balaban J connectivity index is 2.00. The summed E-state index contributed by atoms with van der Waals surface area (Å²) in [4.78, 5) is 36.8. The molecular formula is C13H19N3O3. The summed E-state index contributed by atoms with van der Waals surface area (Å²) in [5.41, 5.74) is -0.534. The number of aromatic amines is 1. The van der Waals surface area contributed by atoms with Gasteiger partial charge in [0.15, 0.2) is 0 Å². The molecule has 1 heterocycles. The third-order valence-electron chi connectivity index (χ3n) is 3.47. The lowest BCUT2D eigenvalue weighted by atomic mass is 9.95. The van der Waals surface area contributed by atoms with Gasteiger partial charge >= 0.3 is 5.69 Å². The van der Waals surface area contributed by atoms with E-state index in [0.29, 0.717) is 5.56 Å². The number of nitrogens with zero attached hydrogens (tertiary/aromatic N) is 1. The maximum atomic E-state index is 11.9. The Kier molecular flexibility index (Phi) is 4.19.